The summed E-state index contributed by atoms with van der Waals surface area (Å²) in [6.07, 6.45) is 2.99. The maximum Gasteiger partial charge on any atom is 0.296 e. The maximum absolute atomic E-state index is 12.1. The minimum atomic E-state index is -0.379. The molecule has 1 amide bonds. The first-order chi connectivity index (χ1) is 9.68. The number of guanidine groups is 1. The van der Waals surface area contributed by atoms with Crippen LogP contribution in [0.15, 0.2) is 53.1 Å². The third-order valence-corrected chi connectivity index (χ3v) is 2.96. The average Bonchev–Trinajstić information content (AvgIpc) is 2.98. The molecule has 0 aliphatic rings. The van der Waals surface area contributed by atoms with Gasteiger partial charge >= 0.3 is 0 Å². The standard InChI is InChI=1S/C15H17N3O2/c16-15(17)18(14(19)13-9-5-11-20-13)10-4-8-12-6-2-1-3-7-12/h1-3,5-7,9,11H,4,8,10H2,(H3,16,17). The number of carbonyl (C=O) groups excluding carboxylic acids is 1. The van der Waals surface area contributed by atoms with Gasteiger partial charge in [-0.3, -0.25) is 15.1 Å². The fourth-order valence-corrected chi connectivity index (χ4v) is 1.95. The molecule has 20 heavy (non-hydrogen) atoms. The van der Waals surface area contributed by atoms with Gasteiger partial charge in [-0.1, -0.05) is 30.3 Å². The molecule has 1 aromatic heterocycles. The minimum Gasteiger partial charge on any atom is -0.459 e. The molecular weight excluding hydrogens is 254 g/mol. The molecule has 0 aliphatic heterocycles. The number of nitrogens with two attached hydrogens (primary N) is 1. The molecular formula is C15H17N3O2. The second-order valence-corrected chi connectivity index (χ2v) is 4.41. The molecule has 0 fully saturated rings. The molecule has 0 saturated carbocycles. The summed E-state index contributed by atoms with van der Waals surface area (Å²) in [6, 6.07) is 13.2. The Morgan fingerprint density at radius 1 is 1.20 bits per heavy atom. The van der Waals surface area contributed by atoms with Crippen molar-refractivity contribution >= 4 is 11.9 Å². The van der Waals surface area contributed by atoms with Crippen LogP contribution < -0.4 is 5.73 Å². The lowest BCUT2D eigenvalue weighted by Crippen LogP contribution is -2.41. The number of benzene rings is 1. The van der Waals surface area contributed by atoms with Crippen molar-refractivity contribution < 1.29 is 9.21 Å². The number of nitrogens with one attached hydrogen (secondary N) is 1. The van der Waals surface area contributed by atoms with Gasteiger partial charge in [0, 0.05) is 6.54 Å². The van der Waals surface area contributed by atoms with Crippen molar-refractivity contribution in [3.05, 3.63) is 60.1 Å². The number of amides is 1. The summed E-state index contributed by atoms with van der Waals surface area (Å²) < 4.78 is 5.05. The van der Waals surface area contributed by atoms with Crippen LogP contribution in [-0.4, -0.2) is 23.3 Å². The quantitative estimate of drug-likeness (QED) is 0.646. The highest BCUT2D eigenvalue weighted by molar-refractivity contribution is 6.02. The van der Waals surface area contributed by atoms with E-state index < -0.39 is 0 Å². The van der Waals surface area contributed by atoms with Gasteiger partial charge in [0.2, 0.25) is 0 Å². The molecule has 0 radical (unpaired) electrons. The Kier molecular flexibility index (Phi) is 4.55. The highest BCUT2D eigenvalue weighted by atomic mass is 16.3. The van der Waals surface area contributed by atoms with Gasteiger partial charge in [-0.05, 0) is 30.5 Å². The van der Waals surface area contributed by atoms with Crippen LogP contribution in [0.25, 0.3) is 0 Å². The number of carbonyl (C=O) groups is 1. The summed E-state index contributed by atoms with van der Waals surface area (Å²) in [5.74, 6) is -0.449. The summed E-state index contributed by atoms with van der Waals surface area (Å²) in [5.41, 5.74) is 6.67. The number of furan rings is 1. The Hall–Kier alpha value is -2.56. The first kappa shape index (κ1) is 13.9. The van der Waals surface area contributed by atoms with Crippen LogP contribution in [0.5, 0.6) is 0 Å². The molecule has 2 aromatic rings. The normalized spacial score (nSPS) is 10.2. The van der Waals surface area contributed by atoms with Crippen LogP contribution in [0.3, 0.4) is 0 Å². The largest absolute Gasteiger partial charge is 0.459 e. The highest BCUT2D eigenvalue weighted by Gasteiger charge is 2.20. The van der Waals surface area contributed by atoms with Crippen molar-refractivity contribution in [3.8, 4) is 0 Å². The first-order valence-corrected chi connectivity index (χ1v) is 6.42. The van der Waals surface area contributed by atoms with E-state index >= 15 is 0 Å². The fraction of sp³-hybridized carbons (Fsp3) is 0.200. The second kappa shape index (κ2) is 6.56. The molecule has 5 heteroatoms. The predicted molar refractivity (Wildman–Crippen MR) is 76.4 cm³/mol. The molecule has 0 aliphatic carbocycles. The maximum atomic E-state index is 12.1. The fourth-order valence-electron chi connectivity index (χ4n) is 1.95. The van der Waals surface area contributed by atoms with E-state index in [2.05, 4.69) is 0 Å². The Morgan fingerprint density at radius 2 is 1.95 bits per heavy atom. The van der Waals surface area contributed by atoms with Gasteiger partial charge in [-0.2, -0.15) is 0 Å². The number of hydrogen-bond acceptors (Lipinski definition) is 3. The lowest BCUT2D eigenvalue weighted by atomic mass is 10.1. The van der Waals surface area contributed by atoms with Crippen LogP contribution in [0.2, 0.25) is 0 Å². The zero-order chi connectivity index (χ0) is 14.4. The summed E-state index contributed by atoms with van der Waals surface area (Å²) in [6.45, 7) is 0.393. The van der Waals surface area contributed by atoms with Crippen molar-refractivity contribution in [2.75, 3.05) is 6.54 Å². The topological polar surface area (TPSA) is 83.3 Å². The van der Waals surface area contributed by atoms with Gasteiger partial charge < -0.3 is 10.2 Å². The zero-order valence-electron chi connectivity index (χ0n) is 11.1. The van der Waals surface area contributed by atoms with Gasteiger partial charge in [-0.25, -0.2) is 0 Å². The molecule has 0 unspecified atom stereocenters. The number of aryl methyl sites for hydroxylation is 1. The molecule has 0 spiro atoms. The Bertz CT molecular complexity index is 564. The molecule has 3 N–H and O–H groups in total. The van der Waals surface area contributed by atoms with E-state index in [9.17, 15) is 4.79 Å². The van der Waals surface area contributed by atoms with Crippen LogP contribution in [-0.2, 0) is 6.42 Å². The Labute approximate surface area is 117 Å². The van der Waals surface area contributed by atoms with Crippen molar-refractivity contribution in [1.29, 1.82) is 5.41 Å². The molecule has 0 saturated heterocycles. The SMILES string of the molecule is N=C(N)N(CCCc1ccccc1)C(=O)c1ccco1. The van der Waals surface area contributed by atoms with Crippen molar-refractivity contribution in [1.82, 2.24) is 4.90 Å². The lowest BCUT2D eigenvalue weighted by Gasteiger charge is -2.19. The summed E-state index contributed by atoms with van der Waals surface area (Å²) in [7, 11) is 0. The van der Waals surface area contributed by atoms with Crippen LogP contribution in [0, 0.1) is 5.41 Å². The minimum absolute atomic E-state index is 0.194. The number of rotatable bonds is 5. The number of nitrogens with zero attached hydrogens (tertiary/aromatic N) is 1. The smallest absolute Gasteiger partial charge is 0.296 e. The summed E-state index contributed by atoms with van der Waals surface area (Å²) in [4.78, 5) is 13.3. The third kappa shape index (κ3) is 3.47. The van der Waals surface area contributed by atoms with E-state index in [4.69, 9.17) is 15.6 Å². The molecule has 1 aromatic carbocycles. The molecule has 0 atom stereocenters. The van der Waals surface area contributed by atoms with Gasteiger partial charge in [0.25, 0.3) is 5.91 Å². The molecule has 2 rings (SSSR count). The molecule has 5 nitrogen and oxygen atoms in total. The van der Waals surface area contributed by atoms with Crippen molar-refractivity contribution in [3.63, 3.8) is 0 Å². The Morgan fingerprint density at radius 3 is 2.55 bits per heavy atom. The van der Waals surface area contributed by atoms with E-state index in [1.807, 2.05) is 30.3 Å². The van der Waals surface area contributed by atoms with Crippen molar-refractivity contribution in [2.45, 2.75) is 12.8 Å². The third-order valence-electron chi connectivity index (χ3n) is 2.96. The van der Waals surface area contributed by atoms with Crippen LogP contribution in [0.1, 0.15) is 22.5 Å². The van der Waals surface area contributed by atoms with E-state index in [0.29, 0.717) is 6.54 Å². The zero-order valence-corrected chi connectivity index (χ0v) is 11.1. The summed E-state index contributed by atoms with van der Waals surface area (Å²) in [5, 5.41) is 7.51. The number of hydrogen-bond donors (Lipinski definition) is 2. The Balaban J connectivity index is 1.93. The molecule has 104 valence electrons. The lowest BCUT2D eigenvalue weighted by molar-refractivity contribution is 0.0813. The van der Waals surface area contributed by atoms with E-state index in [1.165, 1.54) is 16.7 Å². The van der Waals surface area contributed by atoms with Gasteiger partial charge in [0.05, 0.1) is 6.26 Å². The predicted octanol–water partition coefficient (Wildman–Crippen LogP) is 2.25. The van der Waals surface area contributed by atoms with Gasteiger partial charge in [0.1, 0.15) is 0 Å². The van der Waals surface area contributed by atoms with Crippen LogP contribution >= 0.6 is 0 Å². The molecule has 1 heterocycles. The first-order valence-electron chi connectivity index (χ1n) is 6.42. The monoisotopic (exact) mass is 271 g/mol. The van der Waals surface area contributed by atoms with Gasteiger partial charge in [0.15, 0.2) is 11.7 Å². The average molecular weight is 271 g/mol. The van der Waals surface area contributed by atoms with Crippen LogP contribution in [0.4, 0.5) is 0 Å². The van der Waals surface area contributed by atoms with E-state index in [1.54, 1.807) is 12.1 Å². The second-order valence-electron chi connectivity index (χ2n) is 4.41. The summed E-state index contributed by atoms with van der Waals surface area (Å²) >= 11 is 0. The molecule has 0 bridgehead atoms. The van der Waals surface area contributed by atoms with Gasteiger partial charge in [-0.15, -0.1) is 0 Å². The van der Waals surface area contributed by atoms with E-state index in [-0.39, 0.29) is 17.6 Å². The van der Waals surface area contributed by atoms with Crippen molar-refractivity contribution in [2.24, 2.45) is 5.73 Å². The highest BCUT2D eigenvalue weighted by Crippen LogP contribution is 2.08. The van der Waals surface area contributed by atoms with E-state index in [0.717, 1.165) is 12.8 Å².